The maximum atomic E-state index is 12.4. The van der Waals surface area contributed by atoms with Gasteiger partial charge in [0.15, 0.2) is 5.76 Å². The molecule has 1 fully saturated rings. The first kappa shape index (κ1) is 11.6. The molecule has 0 aromatic carbocycles. The van der Waals surface area contributed by atoms with Gasteiger partial charge in [-0.1, -0.05) is 6.92 Å². The van der Waals surface area contributed by atoms with E-state index in [1.165, 1.54) is 0 Å². The summed E-state index contributed by atoms with van der Waals surface area (Å²) in [7, 11) is 0. The quantitative estimate of drug-likeness (QED) is 0.796. The number of ketones is 1. The van der Waals surface area contributed by atoms with Crippen molar-refractivity contribution in [2.45, 2.75) is 39.0 Å². The lowest BCUT2D eigenvalue weighted by Gasteiger charge is -2.37. The van der Waals surface area contributed by atoms with Crippen molar-refractivity contribution in [2.24, 2.45) is 17.1 Å². The Balaban J connectivity index is 2.11. The molecule has 2 N–H and O–H groups in total. The first-order valence-electron chi connectivity index (χ1n) is 6.26. The van der Waals surface area contributed by atoms with Crippen LogP contribution in [0.3, 0.4) is 0 Å². The van der Waals surface area contributed by atoms with Crippen LogP contribution in [0, 0.1) is 11.3 Å². The van der Waals surface area contributed by atoms with Crippen LogP contribution in [0.4, 0.5) is 0 Å². The van der Waals surface area contributed by atoms with E-state index >= 15 is 0 Å². The van der Waals surface area contributed by atoms with E-state index in [-0.39, 0.29) is 11.2 Å². The predicted molar refractivity (Wildman–Crippen MR) is 62.8 cm³/mol. The first-order valence-corrected chi connectivity index (χ1v) is 6.26. The molecule has 0 unspecified atom stereocenters. The lowest BCUT2D eigenvalue weighted by molar-refractivity contribution is -0.129. The molecular weight excluding hydrogens is 202 g/mol. The summed E-state index contributed by atoms with van der Waals surface area (Å²) in [5, 5.41) is 0. The number of hydrogen-bond donors (Lipinski definition) is 1. The third kappa shape index (κ3) is 2.01. The molecule has 3 nitrogen and oxygen atoms in total. The third-order valence-corrected chi connectivity index (χ3v) is 4.03. The van der Waals surface area contributed by atoms with Gasteiger partial charge in [-0.2, -0.15) is 0 Å². The number of rotatable bonds is 3. The van der Waals surface area contributed by atoms with Gasteiger partial charge in [-0.25, -0.2) is 0 Å². The molecule has 1 saturated carbocycles. The Bertz CT molecular complexity index is 301. The van der Waals surface area contributed by atoms with Gasteiger partial charge in [0, 0.05) is 18.4 Å². The van der Waals surface area contributed by atoms with E-state index in [4.69, 9.17) is 10.5 Å². The van der Waals surface area contributed by atoms with Crippen molar-refractivity contribution in [3.8, 4) is 0 Å². The molecule has 90 valence electrons. The SMILES string of the molecule is CC1CCC(CN)(C(=O)C2=CCCO2)CC1. The highest BCUT2D eigenvalue weighted by Gasteiger charge is 2.42. The van der Waals surface area contributed by atoms with E-state index in [1.54, 1.807) is 0 Å². The average Bonchev–Trinajstić information content (AvgIpc) is 2.83. The Morgan fingerprint density at radius 2 is 2.25 bits per heavy atom. The maximum absolute atomic E-state index is 12.4. The van der Waals surface area contributed by atoms with Gasteiger partial charge in [0.1, 0.15) is 0 Å². The Labute approximate surface area is 97.0 Å². The van der Waals surface area contributed by atoms with Crippen LogP contribution in [0.2, 0.25) is 0 Å². The van der Waals surface area contributed by atoms with Crippen molar-refractivity contribution in [1.82, 2.24) is 0 Å². The van der Waals surface area contributed by atoms with Crippen molar-refractivity contribution in [3.63, 3.8) is 0 Å². The summed E-state index contributed by atoms with van der Waals surface area (Å²) in [5.74, 6) is 1.45. The molecule has 3 heteroatoms. The summed E-state index contributed by atoms with van der Waals surface area (Å²) in [5.41, 5.74) is 5.52. The van der Waals surface area contributed by atoms with Crippen molar-refractivity contribution in [3.05, 3.63) is 11.8 Å². The first-order chi connectivity index (χ1) is 7.68. The monoisotopic (exact) mass is 223 g/mol. The van der Waals surface area contributed by atoms with Gasteiger partial charge >= 0.3 is 0 Å². The highest BCUT2D eigenvalue weighted by Crippen LogP contribution is 2.41. The Hall–Kier alpha value is -0.830. The van der Waals surface area contributed by atoms with Crippen LogP contribution in [0.1, 0.15) is 39.0 Å². The van der Waals surface area contributed by atoms with Gasteiger partial charge in [0.25, 0.3) is 0 Å². The molecule has 0 radical (unpaired) electrons. The number of allylic oxidation sites excluding steroid dienone is 1. The fourth-order valence-corrected chi connectivity index (χ4v) is 2.68. The molecule has 0 bridgehead atoms. The summed E-state index contributed by atoms with van der Waals surface area (Å²) in [6.45, 7) is 3.35. The molecule has 0 aromatic rings. The normalized spacial score (nSPS) is 34.4. The van der Waals surface area contributed by atoms with Crippen molar-refractivity contribution in [2.75, 3.05) is 13.2 Å². The molecule has 0 saturated heterocycles. The lowest BCUT2D eigenvalue weighted by Crippen LogP contribution is -2.42. The van der Waals surface area contributed by atoms with Gasteiger partial charge < -0.3 is 10.5 Å². The highest BCUT2D eigenvalue weighted by molar-refractivity contribution is 5.98. The van der Waals surface area contributed by atoms with E-state index in [0.717, 1.165) is 38.0 Å². The molecule has 1 aliphatic heterocycles. The lowest BCUT2D eigenvalue weighted by atomic mass is 9.68. The number of carbonyl (C=O) groups is 1. The minimum absolute atomic E-state index is 0.152. The summed E-state index contributed by atoms with van der Waals surface area (Å²) in [4.78, 5) is 12.4. The van der Waals surface area contributed by atoms with Gasteiger partial charge in [-0.15, -0.1) is 0 Å². The van der Waals surface area contributed by atoms with Crippen LogP contribution in [-0.2, 0) is 9.53 Å². The van der Waals surface area contributed by atoms with Crippen LogP contribution < -0.4 is 5.73 Å². The van der Waals surface area contributed by atoms with Crippen molar-refractivity contribution in [1.29, 1.82) is 0 Å². The van der Waals surface area contributed by atoms with Crippen molar-refractivity contribution < 1.29 is 9.53 Å². The van der Waals surface area contributed by atoms with E-state index in [9.17, 15) is 4.79 Å². The molecule has 0 aromatic heterocycles. The van der Waals surface area contributed by atoms with Crippen LogP contribution in [-0.4, -0.2) is 18.9 Å². The van der Waals surface area contributed by atoms with Crippen LogP contribution in [0.25, 0.3) is 0 Å². The fraction of sp³-hybridized carbons (Fsp3) is 0.769. The number of ether oxygens (including phenoxy) is 1. The second-order valence-corrected chi connectivity index (χ2v) is 5.20. The standard InChI is InChI=1S/C13H21NO2/c1-10-4-6-13(9-14,7-5-10)12(15)11-3-2-8-16-11/h3,10H,2,4-9,14H2,1H3. The Kier molecular flexibility index (Phi) is 3.33. The van der Waals surface area contributed by atoms with Crippen LogP contribution >= 0.6 is 0 Å². The Morgan fingerprint density at radius 3 is 2.75 bits per heavy atom. The van der Waals surface area contributed by atoms with E-state index < -0.39 is 0 Å². The van der Waals surface area contributed by atoms with Gasteiger partial charge in [0.2, 0.25) is 5.78 Å². The molecule has 2 rings (SSSR count). The molecule has 0 amide bonds. The summed E-state index contributed by atoms with van der Waals surface area (Å²) < 4.78 is 5.38. The maximum Gasteiger partial charge on any atom is 0.204 e. The van der Waals surface area contributed by atoms with Crippen LogP contribution in [0.15, 0.2) is 11.8 Å². The fourth-order valence-electron chi connectivity index (χ4n) is 2.68. The Morgan fingerprint density at radius 1 is 1.56 bits per heavy atom. The zero-order chi connectivity index (χ0) is 11.6. The molecule has 0 spiro atoms. The van der Waals surface area contributed by atoms with E-state index in [1.807, 2.05) is 6.08 Å². The molecule has 1 aliphatic carbocycles. The van der Waals surface area contributed by atoms with Gasteiger partial charge in [-0.05, 0) is 37.7 Å². The van der Waals surface area contributed by atoms with Gasteiger partial charge in [0.05, 0.1) is 6.61 Å². The predicted octanol–water partition coefficient (Wildman–Crippen LogP) is 2.01. The second kappa shape index (κ2) is 4.58. The number of hydrogen-bond acceptors (Lipinski definition) is 3. The average molecular weight is 223 g/mol. The number of carbonyl (C=O) groups excluding carboxylic acids is 1. The molecule has 16 heavy (non-hydrogen) atoms. The molecule has 0 atom stereocenters. The molecule has 1 heterocycles. The summed E-state index contributed by atoms with van der Waals surface area (Å²) in [6, 6.07) is 0. The van der Waals surface area contributed by atoms with E-state index in [2.05, 4.69) is 6.92 Å². The van der Waals surface area contributed by atoms with Gasteiger partial charge in [-0.3, -0.25) is 4.79 Å². The number of Topliss-reactive ketones (excluding diaryl/α,β-unsaturated/α-hetero) is 1. The second-order valence-electron chi connectivity index (χ2n) is 5.20. The third-order valence-electron chi connectivity index (χ3n) is 4.03. The van der Waals surface area contributed by atoms with Crippen LogP contribution in [0.5, 0.6) is 0 Å². The summed E-state index contributed by atoms with van der Waals surface area (Å²) in [6.07, 6.45) is 6.83. The smallest absolute Gasteiger partial charge is 0.204 e. The number of nitrogens with two attached hydrogens (primary N) is 1. The minimum atomic E-state index is -0.331. The molecule has 2 aliphatic rings. The van der Waals surface area contributed by atoms with E-state index in [0.29, 0.717) is 18.9 Å². The topological polar surface area (TPSA) is 52.3 Å². The summed E-state index contributed by atoms with van der Waals surface area (Å²) >= 11 is 0. The highest BCUT2D eigenvalue weighted by atomic mass is 16.5. The zero-order valence-corrected chi connectivity index (χ0v) is 10.00. The largest absolute Gasteiger partial charge is 0.490 e. The molecular formula is C13H21NO2. The zero-order valence-electron chi connectivity index (χ0n) is 10.00. The minimum Gasteiger partial charge on any atom is -0.490 e. The van der Waals surface area contributed by atoms with Crippen molar-refractivity contribution >= 4 is 5.78 Å².